The molecule has 0 bridgehead atoms. The number of aromatic nitrogens is 2. The molecule has 19 heavy (non-hydrogen) atoms. The molecular weight excluding hydrogens is 282 g/mol. The topological polar surface area (TPSA) is 54.9 Å². The van der Waals surface area contributed by atoms with Crippen LogP contribution in [0.25, 0.3) is 0 Å². The lowest BCUT2D eigenvalue weighted by Crippen LogP contribution is -2.15. The fourth-order valence-corrected chi connectivity index (χ4v) is 3.09. The normalized spacial score (nSPS) is 13.9. The molecule has 4 nitrogen and oxygen atoms in total. The van der Waals surface area contributed by atoms with Gasteiger partial charge in [-0.1, -0.05) is 23.5 Å². The molecule has 0 saturated heterocycles. The number of benzene rings is 1. The highest BCUT2D eigenvalue weighted by molar-refractivity contribution is 7.17. The molecule has 0 fully saturated rings. The van der Waals surface area contributed by atoms with Crippen LogP contribution in [0.4, 0.5) is 5.69 Å². The van der Waals surface area contributed by atoms with Crippen LogP contribution >= 0.6 is 22.9 Å². The van der Waals surface area contributed by atoms with Crippen molar-refractivity contribution in [2.75, 3.05) is 5.32 Å². The van der Waals surface area contributed by atoms with Crippen molar-refractivity contribution in [2.45, 2.75) is 25.7 Å². The molecule has 1 aromatic carbocycles. The summed E-state index contributed by atoms with van der Waals surface area (Å²) >= 11 is 6.77. The van der Waals surface area contributed by atoms with Crippen LogP contribution in [0.15, 0.2) is 18.2 Å². The Morgan fingerprint density at radius 1 is 1.26 bits per heavy atom. The second-order valence-electron chi connectivity index (χ2n) is 4.46. The minimum atomic E-state index is -0.247. The molecule has 6 heteroatoms. The summed E-state index contributed by atoms with van der Waals surface area (Å²) in [7, 11) is 0. The molecule has 0 radical (unpaired) electrons. The quantitative estimate of drug-likeness (QED) is 0.924. The first kappa shape index (κ1) is 12.6. The summed E-state index contributed by atoms with van der Waals surface area (Å²) in [5.41, 5.74) is 3.46. The van der Waals surface area contributed by atoms with E-state index in [1.54, 1.807) is 0 Å². The van der Waals surface area contributed by atoms with Gasteiger partial charge in [0.1, 0.15) is 0 Å². The Balaban J connectivity index is 1.85. The monoisotopic (exact) mass is 293 g/mol. The number of fused-ring (bicyclic) bond motifs is 1. The molecule has 1 aliphatic rings. The Kier molecular flexibility index (Phi) is 3.48. The number of nitrogens with zero attached hydrogens (tertiary/aromatic N) is 2. The maximum atomic E-state index is 12.1. The summed E-state index contributed by atoms with van der Waals surface area (Å²) in [6.45, 7) is 0. The molecule has 98 valence electrons. The highest BCUT2D eigenvalue weighted by Gasteiger charge is 2.17. The van der Waals surface area contributed by atoms with Crippen molar-refractivity contribution in [1.82, 2.24) is 10.2 Å². The first-order valence-corrected chi connectivity index (χ1v) is 7.34. The molecule has 0 spiro atoms. The lowest BCUT2D eigenvalue weighted by Gasteiger charge is -2.19. The summed E-state index contributed by atoms with van der Waals surface area (Å²) in [6, 6.07) is 6.05. The van der Waals surface area contributed by atoms with Gasteiger partial charge in [-0.15, -0.1) is 10.2 Å². The second kappa shape index (κ2) is 5.27. The van der Waals surface area contributed by atoms with Crippen LogP contribution in [-0.4, -0.2) is 16.1 Å². The minimum Gasteiger partial charge on any atom is -0.320 e. The summed E-state index contributed by atoms with van der Waals surface area (Å²) in [4.78, 5) is 12.1. The molecule has 2 aromatic rings. The molecule has 0 aliphatic heterocycles. The molecule has 1 amide bonds. The maximum absolute atomic E-state index is 12.1. The number of anilines is 1. The van der Waals surface area contributed by atoms with E-state index < -0.39 is 0 Å². The third-order valence-electron chi connectivity index (χ3n) is 3.24. The zero-order chi connectivity index (χ0) is 13.2. The second-order valence-corrected chi connectivity index (χ2v) is 6.02. The fraction of sp³-hybridized carbons (Fsp3) is 0.308. The number of aryl methyl sites for hydroxylation is 1. The standard InChI is InChI=1S/C13H12ClN3OS/c14-13-17-16-12(19-13)11(18)15-10-7-3-5-8-4-1-2-6-9(8)10/h3,5,7H,1-2,4,6H2,(H,15,18). The van der Waals surface area contributed by atoms with Crippen molar-refractivity contribution >= 4 is 34.5 Å². The molecule has 0 unspecified atom stereocenters. The van der Waals surface area contributed by atoms with E-state index in [1.165, 1.54) is 24.0 Å². The third-order valence-corrected chi connectivity index (χ3v) is 4.26. The number of hydrogen-bond donors (Lipinski definition) is 1. The van der Waals surface area contributed by atoms with Crippen molar-refractivity contribution < 1.29 is 4.79 Å². The third kappa shape index (κ3) is 2.62. The van der Waals surface area contributed by atoms with Gasteiger partial charge in [-0.05, 0) is 54.5 Å². The van der Waals surface area contributed by atoms with Crippen molar-refractivity contribution in [2.24, 2.45) is 0 Å². The van der Waals surface area contributed by atoms with Gasteiger partial charge in [0.05, 0.1) is 0 Å². The summed E-state index contributed by atoms with van der Waals surface area (Å²) in [6.07, 6.45) is 4.49. The summed E-state index contributed by atoms with van der Waals surface area (Å²) < 4.78 is 0.278. The fourth-order valence-electron chi connectivity index (χ4n) is 2.37. The van der Waals surface area contributed by atoms with Crippen molar-refractivity contribution in [3.05, 3.63) is 38.8 Å². The number of amides is 1. The summed E-state index contributed by atoms with van der Waals surface area (Å²) in [5.74, 6) is -0.247. The lowest BCUT2D eigenvalue weighted by atomic mass is 9.90. The first-order chi connectivity index (χ1) is 9.24. The van der Waals surface area contributed by atoms with E-state index in [1.807, 2.05) is 12.1 Å². The lowest BCUT2D eigenvalue weighted by molar-refractivity contribution is 0.102. The van der Waals surface area contributed by atoms with Gasteiger partial charge in [-0.2, -0.15) is 0 Å². The van der Waals surface area contributed by atoms with E-state index >= 15 is 0 Å². The predicted octanol–water partition coefficient (Wildman–Crippen LogP) is 3.32. The molecule has 0 atom stereocenters. The molecule has 1 heterocycles. The zero-order valence-electron chi connectivity index (χ0n) is 10.1. The Morgan fingerprint density at radius 2 is 2.11 bits per heavy atom. The average molecular weight is 294 g/mol. The molecule has 1 aliphatic carbocycles. The largest absolute Gasteiger partial charge is 0.320 e. The van der Waals surface area contributed by atoms with E-state index in [4.69, 9.17) is 11.6 Å². The van der Waals surface area contributed by atoms with E-state index in [9.17, 15) is 4.79 Å². The minimum absolute atomic E-state index is 0.247. The predicted molar refractivity (Wildman–Crippen MR) is 76.0 cm³/mol. The Labute approximate surface area is 119 Å². The van der Waals surface area contributed by atoms with Gasteiger partial charge in [0.15, 0.2) is 0 Å². The highest BCUT2D eigenvalue weighted by Crippen LogP contribution is 2.28. The van der Waals surface area contributed by atoms with Crippen LogP contribution < -0.4 is 5.32 Å². The van der Waals surface area contributed by atoms with Crippen LogP contribution in [0.2, 0.25) is 4.47 Å². The Morgan fingerprint density at radius 3 is 2.89 bits per heavy atom. The first-order valence-electron chi connectivity index (χ1n) is 6.15. The SMILES string of the molecule is O=C(Nc1cccc2c1CCCC2)c1nnc(Cl)s1. The van der Waals surface area contributed by atoms with E-state index in [2.05, 4.69) is 21.6 Å². The number of halogens is 1. The number of carbonyl (C=O) groups excluding carboxylic acids is 1. The zero-order valence-corrected chi connectivity index (χ0v) is 11.7. The van der Waals surface area contributed by atoms with Crippen molar-refractivity contribution in [3.8, 4) is 0 Å². The Hall–Kier alpha value is -1.46. The number of carbonyl (C=O) groups is 1. The van der Waals surface area contributed by atoms with Crippen LogP contribution in [0, 0.1) is 0 Å². The van der Waals surface area contributed by atoms with Crippen molar-refractivity contribution in [1.29, 1.82) is 0 Å². The van der Waals surface area contributed by atoms with E-state index in [0.29, 0.717) is 5.01 Å². The van der Waals surface area contributed by atoms with Crippen LogP contribution in [0.1, 0.15) is 33.8 Å². The van der Waals surface area contributed by atoms with Gasteiger partial charge >= 0.3 is 0 Å². The summed E-state index contributed by atoms with van der Waals surface area (Å²) in [5, 5.41) is 10.6. The number of nitrogens with one attached hydrogen (secondary N) is 1. The molecule has 1 aromatic heterocycles. The van der Waals surface area contributed by atoms with Gasteiger partial charge in [-0.3, -0.25) is 4.79 Å². The smallest absolute Gasteiger partial charge is 0.286 e. The molecule has 3 rings (SSSR count). The average Bonchev–Trinajstić information content (AvgIpc) is 2.86. The van der Waals surface area contributed by atoms with Gasteiger partial charge in [0.2, 0.25) is 9.47 Å². The van der Waals surface area contributed by atoms with Crippen LogP contribution in [0.3, 0.4) is 0 Å². The van der Waals surface area contributed by atoms with Gasteiger partial charge in [0, 0.05) is 5.69 Å². The van der Waals surface area contributed by atoms with Gasteiger partial charge in [0.25, 0.3) is 5.91 Å². The highest BCUT2D eigenvalue weighted by atomic mass is 35.5. The van der Waals surface area contributed by atoms with Gasteiger partial charge < -0.3 is 5.32 Å². The molecule has 1 N–H and O–H groups in total. The number of hydrogen-bond acceptors (Lipinski definition) is 4. The van der Waals surface area contributed by atoms with Crippen molar-refractivity contribution in [3.63, 3.8) is 0 Å². The number of rotatable bonds is 2. The van der Waals surface area contributed by atoms with E-state index in [0.717, 1.165) is 29.9 Å². The van der Waals surface area contributed by atoms with E-state index in [-0.39, 0.29) is 10.4 Å². The van der Waals surface area contributed by atoms with Crippen LogP contribution in [-0.2, 0) is 12.8 Å². The molecule has 0 saturated carbocycles. The van der Waals surface area contributed by atoms with Crippen LogP contribution in [0.5, 0.6) is 0 Å². The van der Waals surface area contributed by atoms with Gasteiger partial charge in [-0.25, -0.2) is 0 Å². The maximum Gasteiger partial charge on any atom is 0.286 e. The molecular formula is C13H12ClN3OS. The Bertz CT molecular complexity index is 626.